The third-order valence-electron chi connectivity index (χ3n) is 3.66. The minimum Gasteiger partial charge on any atom is -0.378 e. The molecular weight excluding hydrogens is 272 g/mol. The molecule has 4 heteroatoms. The number of ether oxygens (including phenoxy) is 1. The number of halogens is 1. The van der Waals surface area contributed by atoms with E-state index in [1.54, 1.807) is 0 Å². The molecule has 3 nitrogen and oxygen atoms in total. The van der Waals surface area contributed by atoms with Gasteiger partial charge in [-0.1, -0.05) is 24.6 Å². The molecule has 0 bridgehead atoms. The van der Waals surface area contributed by atoms with Crippen molar-refractivity contribution in [3.8, 4) is 6.07 Å². The predicted octanol–water partition coefficient (Wildman–Crippen LogP) is 4.00. The Bertz CT molecular complexity index is 484. The van der Waals surface area contributed by atoms with Crippen LogP contribution in [0.15, 0.2) is 18.2 Å². The lowest BCUT2D eigenvalue weighted by molar-refractivity contribution is 0.0461. The van der Waals surface area contributed by atoms with Gasteiger partial charge >= 0.3 is 0 Å². The average Bonchev–Trinajstić information content (AvgIpc) is 2.70. The standard InChI is InChI=1S/C16H21ClN2O/c1-2-11-20-14-6-4-9-19(10-8-14)16-13(12-18)5-3-7-15(16)17/h3,5,7,14H,2,4,6,8-11H2,1H3. The second kappa shape index (κ2) is 7.52. The summed E-state index contributed by atoms with van der Waals surface area (Å²) in [5.41, 5.74) is 1.54. The first kappa shape index (κ1) is 15.2. The Morgan fingerprint density at radius 2 is 2.25 bits per heavy atom. The average molecular weight is 293 g/mol. The van der Waals surface area contributed by atoms with E-state index >= 15 is 0 Å². The van der Waals surface area contributed by atoms with Gasteiger partial charge < -0.3 is 9.64 Å². The van der Waals surface area contributed by atoms with Gasteiger partial charge in [0.1, 0.15) is 6.07 Å². The first-order valence-electron chi connectivity index (χ1n) is 7.31. The van der Waals surface area contributed by atoms with Crippen molar-refractivity contribution in [2.24, 2.45) is 0 Å². The van der Waals surface area contributed by atoms with Gasteiger partial charge in [-0.3, -0.25) is 0 Å². The van der Waals surface area contributed by atoms with Crippen LogP contribution in [0.2, 0.25) is 5.02 Å². The maximum absolute atomic E-state index is 9.25. The minimum atomic E-state index is 0.341. The van der Waals surface area contributed by atoms with Crippen molar-refractivity contribution < 1.29 is 4.74 Å². The Balaban J connectivity index is 2.09. The fourth-order valence-corrected chi connectivity index (χ4v) is 2.96. The Kier molecular flexibility index (Phi) is 5.70. The number of rotatable bonds is 4. The van der Waals surface area contributed by atoms with Crippen molar-refractivity contribution >= 4 is 17.3 Å². The normalized spacial score (nSPS) is 19.4. The smallest absolute Gasteiger partial charge is 0.101 e. The molecule has 1 aromatic rings. The highest BCUT2D eigenvalue weighted by molar-refractivity contribution is 6.33. The van der Waals surface area contributed by atoms with Crippen LogP contribution >= 0.6 is 11.6 Å². The summed E-state index contributed by atoms with van der Waals surface area (Å²) < 4.78 is 5.86. The van der Waals surface area contributed by atoms with Crippen molar-refractivity contribution in [2.75, 3.05) is 24.6 Å². The van der Waals surface area contributed by atoms with Crippen molar-refractivity contribution in [1.29, 1.82) is 5.26 Å². The number of anilines is 1. The van der Waals surface area contributed by atoms with E-state index in [9.17, 15) is 5.26 Å². The van der Waals surface area contributed by atoms with Crippen LogP contribution in [-0.2, 0) is 4.74 Å². The zero-order valence-corrected chi connectivity index (χ0v) is 12.7. The zero-order valence-electron chi connectivity index (χ0n) is 11.9. The summed E-state index contributed by atoms with van der Waals surface area (Å²) in [6, 6.07) is 7.76. The Morgan fingerprint density at radius 3 is 3.00 bits per heavy atom. The van der Waals surface area contributed by atoms with Crippen LogP contribution in [0.25, 0.3) is 0 Å². The molecule has 0 amide bonds. The molecule has 108 valence electrons. The molecule has 0 saturated carbocycles. The zero-order chi connectivity index (χ0) is 14.4. The van der Waals surface area contributed by atoms with Crippen LogP contribution in [0, 0.1) is 11.3 Å². The Morgan fingerprint density at radius 1 is 1.40 bits per heavy atom. The molecule has 1 unspecified atom stereocenters. The first-order valence-corrected chi connectivity index (χ1v) is 7.69. The number of hydrogen-bond donors (Lipinski definition) is 0. The highest BCUT2D eigenvalue weighted by atomic mass is 35.5. The van der Waals surface area contributed by atoms with E-state index in [4.69, 9.17) is 16.3 Å². The summed E-state index contributed by atoms with van der Waals surface area (Å²) in [5.74, 6) is 0. The lowest BCUT2D eigenvalue weighted by Crippen LogP contribution is -2.26. The molecule has 1 aliphatic rings. The minimum absolute atomic E-state index is 0.341. The lowest BCUT2D eigenvalue weighted by atomic mass is 10.1. The Hall–Kier alpha value is -1.24. The van der Waals surface area contributed by atoms with Gasteiger partial charge in [0, 0.05) is 19.7 Å². The van der Waals surface area contributed by atoms with Gasteiger partial charge in [-0.25, -0.2) is 0 Å². The van der Waals surface area contributed by atoms with Crippen LogP contribution in [-0.4, -0.2) is 25.8 Å². The molecule has 0 aromatic heterocycles. The number of benzene rings is 1. The van der Waals surface area contributed by atoms with E-state index in [0.717, 1.165) is 51.1 Å². The van der Waals surface area contributed by atoms with E-state index in [1.165, 1.54) is 0 Å². The van der Waals surface area contributed by atoms with Crippen LogP contribution in [0.3, 0.4) is 0 Å². The van der Waals surface area contributed by atoms with Crippen LogP contribution in [0.1, 0.15) is 38.2 Å². The molecule has 1 aliphatic heterocycles. The predicted molar refractivity (Wildman–Crippen MR) is 82.3 cm³/mol. The molecule has 1 saturated heterocycles. The first-order chi connectivity index (χ1) is 9.76. The number of nitrogens with zero attached hydrogens (tertiary/aromatic N) is 2. The lowest BCUT2D eigenvalue weighted by Gasteiger charge is -2.25. The van der Waals surface area contributed by atoms with Crippen molar-refractivity contribution in [3.05, 3.63) is 28.8 Å². The van der Waals surface area contributed by atoms with Crippen molar-refractivity contribution in [3.63, 3.8) is 0 Å². The molecular formula is C16H21ClN2O. The second-order valence-electron chi connectivity index (χ2n) is 5.16. The summed E-state index contributed by atoms with van der Waals surface area (Å²) in [6.07, 6.45) is 4.56. The molecule has 1 fully saturated rings. The summed E-state index contributed by atoms with van der Waals surface area (Å²) in [4.78, 5) is 2.23. The largest absolute Gasteiger partial charge is 0.378 e. The maximum atomic E-state index is 9.25. The fraction of sp³-hybridized carbons (Fsp3) is 0.562. The molecule has 2 rings (SSSR count). The molecule has 0 spiro atoms. The van der Waals surface area contributed by atoms with Gasteiger partial charge in [0.05, 0.1) is 22.4 Å². The molecule has 20 heavy (non-hydrogen) atoms. The summed E-state index contributed by atoms with van der Waals surface area (Å²) >= 11 is 6.29. The molecule has 0 N–H and O–H groups in total. The second-order valence-corrected chi connectivity index (χ2v) is 5.57. The number of nitriles is 1. The van der Waals surface area contributed by atoms with E-state index in [0.29, 0.717) is 16.7 Å². The monoisotopic (exact) mass is 292 g/mol. The van der Waals surface area contributed by atoms with E-state index < -0.39 is 0 Å². The molecule has 0 aliphatic carbocycles. The van der Waals surface area contributed by atoms with Crippen LogP contribution < -0.4 is 4.90 Å². The van der Waals surface area contributed by atoms with E-state index in [1.807, 2.05) is 18.2 Å². The summed E-state index contributed by atoms with van der Waals surface area (Å²) in [7, 11) is 0. The van der Waals surface area contributed by atoms with Crippen molar-refractivity contribution in [2.45, 2.75) is 38.7 Å². The maximum Gasteiger partial charge on any atom is 0.101 e. The summed E-state index contributed by atoms with van der Waals surface area (Å²) in [5, 5.41) is 9.92. The van der Waals surface area contributed by atoms with Gasteiger partial charge in [-0.05, 0) is 37.8 Å². The van der Waals surface area contributed by atoms with Crippen molar-refractivity contribution in [1.82, 2.24) is 0 Å². The fourth-order valence-electron chi connectivity index (χ4n) is 2.67. The van der Waals surface area contributed by atoms with E-state index in [2.05, 4.69) is 17.9 Å². The Labute approximate surface area is 126 Å². The molecule has 0 radical (unpaired) electrons. The molecule has 1 atom stereocenters. The van der Waals surface area contributed by atoms with Gasteiger partial charge in [0.2, 0.25) is 0 Å². The molecule has 1 heterocycles. The third kappa shape index (κ3) is 3.65. The quantitative estimate of drug-likeness (QED) is 0.841. The van der Waals surface area contributed by atoms with Gasteiger partial charge in [0.15, 0.2) is 0 Å². The van der Waals surface area contributed by atoms with Gasteiger partial charge in [-0.15, -0.1) is 0 Å². The van der Waals surface area contributed by atoms with E-state index in [-0.39, 0.29) is 0 Å². The van der Waals surface area contributed by atoms with Crippen LogP contribution in [0.4, 0.5) is 5.69 Å². The highest BCUT2D eigenvalue weighted by Crippen LogP contribution is 2.31. The van der Waals surface area contributed by atoms with Gasteiger partial charge in [-0.2, -0.15) is 5.26 Å². The summed E-state index contributed by atoms with van der Waals surface area (Å²) in [6.45, 7) is 4.79. The highest BCUT2D eigenvalue weighted by Gasteiger charge is 2.21. The third-order valence-corrected chi connectivity index (χ3v) is 3.96. The molecule has 1 aromatic carbocycles. The van der Waals surface area contributed by atoms with Gasteiger partial charge in [0.25, 0.3) is 0 Å². The number of hydrogen-bond acceptors (Lipinski definition) is 3. The topological polar surface area (TPSA) is 36.3 Å². The number of para-hydroxylation sites is 1. The van der Waals surface area contributed by atoms with Crippen LogP contribution in [0.5, 0.6) is 0 Å². The SMILES string of the molecule is CCCOC1CCCN(c2c(Cl)cccc2C#N)CC1.